The van der Waals surface area contributed by atoms with Crippen LogP contribution in [-0.4, -0.2) is 30.2 Å². The second kappa shape index (κ2) is 4.76. The van der Waals surface area contributed by atoms with Crippen molar-refractivity contribution >= 4 is 22.7 Å². The Morgan fingerprint density at radius 2 is 2.33 bits per heavy atom. The van der Waals surface area contributed by atoms with Gasteiger partial charge in [-0.1, -0.05) is 0 Å². The number of carbonyl (C=O) groups excluding carboxylic acids is 1. The van der Waals surface area contributed by atoms with Gasteiger partial charge in [0.25, 0.3) is 0 Å². The van der Waals surface area contributed by atoms with E-state index in [9.17, 15) is 4.79 Å². The monoisotopic (exact) mass is 305 g/mol. The van der Waals surface area contributed by atoms with E-state index >= 15 is 0 Å². The Hall–Kier alpha value is -2.03. The number of rotatable bonds is 3. The molecule has 2 aromatic heterocycles. The van der Waals surface area contributed by atoms with Crippen molar-refractivity contribution in [3.8, 4) is 0 Å². The zero-order valence-electron chi connectivity index (χ0n) is 11.5. The van der Waals surface area contributed by atoms with Crippen molar-refractivity contribution in [2.24, 2.45) is 0 Å². The molecule has 0 saturated heterocycles. The van der Waals surface area contributed by atoms with Crippen LogP contribution in [0.2, 0.25) is 0 Å². The fourth-order valence-corrected chi connectivity index (χ4v) is 3.25. The SMILES string of the molecule is CC1CC(NC(=O)Nc2nc(C3CC3)ns2)c2ncnn21. The third-order valence-electron chi connectivity index (χ3n) is 3.82. The van der Waals surface area contributed by atoms with Crippen molar-refractivity contribution in [1.29, 1.82) is 0 Å². The second-order valence-corrected chi connectivity index (χ2v) is 6.28. The number of carbonyl (C=O) groups is 1. The molecule has 110 valence electrons. The number of aromatic nitrogens is 5. The number of urea groups is 1. The summed E-state index contributed by atoms with van der Waals surface area (Å²) in [4.78, 5) is 20.6. The molecule has 0 aromatic carbocycles. The summed E-state index contributed by atoms with van der Waals surface area (Å²) in [7, 11) is 0. The average molecular weight is 305 g/mol. The molecule has 8 nitrogen and oxygen atoms in total. The highest BCUT2D eigenvalue weighted by Gasteiger charge is 2.32. The van der Waals surface area contributed by atoms with E-state index in [0.29, 0.717) is 11.0 Å². The number of hydrogen-bond donors (Lipinski definition) is 2. The number of fused-ring (bicyclic) bond motifs is 1. The van der Waals surface area contributed by atoms with Crippen LogP contribution in [0.15, 0.2) is 6.33 Å². The summed E-state index contributed by atoms with van der Waals surface area (Å²) in [6.45, 7) is 2.06. The van der Waals surface area contributed by atoms with Gasteiger partial charge in [-0.2, -0.15) is 9.47 Å². The smallest absolute Gasteiger partial charge is 0.321 e. The topological polar surface area (TPSA) is 97.6 Å². The fraction of sp³-hybridized carbons (Fsp3) is 0.583. The van der Waals surface area contributed by atoms with Crippen molar-refractivity contribution in [3.05, 3.63) is 18.0 Å². The highest BCUT2D eigenvalue weighted by Crippen LogP contribution is 2.39. The molecule has 1 aliphatic carbocycles. The molecule has 0 radical (unpaired) electrons. The molecule has 1 fully saturated rings. The molecule has 1 saturated carbocycles. The van der Waals surface area contributed by atoms with E-state index in [1.54, 1.807) is 0 Å². The maximum atomic E-state index is 12.1. The van der Waals surface area contributed by atoms with Gasteiger partial charge in [-0.05, 0) is 26.2 Å². The van der Waals surface area contributed by atoms with Gasteiger partial charge in [0, 0.05) is 17.5 Å². The molecule has 2 aliphatic rings. The van der Waals surface area contributed by atoms with Crippen LogP contribution < -0.4 is 10.6 Å². The molecule has 4 rings (SSSR count). The zero-order chi connectivity index (χ0) is 14.4. The minimum Gasteiger partial charge on any atom is -0.328 e. The Balaban J connectivity index is 1.40. The predicted octanol–water partition coefficient (Wildman–Crippen LogP) is 1.83. The lowest BCUT2D eigenvalue weighted by atomic mass is 10.2. The fourth-order valence-electron chi connectivity index (χ4n) is 2.60. The second-order valence-electron chi connectivity index (χ2n) is 5.53. The molecule has 2 atom stereocenters. The lowest BCUT2D eigenvalue weighted by molar-refractivity contribution is 0.248. The van der Waals surface area contributed by atoms with Crippen LogP contribution in [0.25, 0.3) is 0 Å². The van der Waals surface area contributed by atoms with E-state index in [1.165, 1.54) is 17.9 Å². The number of hydrogen-bond acceptors (Lipinski definition) is 6. The number of anilines is 1. The van der Waals surface area contributed by atoms with Gasteiger partial charge in [0.15, 0.2) is 0 Å². The van der Waals surface area contributed by atoms with Crippen LogP contribution >= 0.6 is 11.5 Å². The Morgan fingerprint density at radius 1 is 1.48 bits per heavy atom. The number of nitrogens with zero attached hydrogens (tertiary/aromatic N) is 5. The molecule has 9 heteroatoms. The van der Waals surface area contributed by atoms with E-state index in [2.05, 4.69) is 37.0 Å². The van der Waals surface area contributed by atoms with Gasteiger partial charge in [-0.25, -0.2) is 19.4 Å². The third kappa shape index (κ3) is 2.37. The van der Waals surface area contributed by atoms with Crippen LogP contribution in [0, 0.1) is 0 Å². The number of amides is 2. The van der Waals surface area contributed by atoms with Gasteiger partial charge in [-0.15, -0.1) is 0 Å². The van der Waals surface area contributed by atoms with Crippen molar-refractivity contribution in [1.82, 2.24) is 29.4 Å². The molecule has 0 spiro atoms. The van der Waals surface area contributed by atoms with Crippen molar-refractivity contribution in [2.45, 2.75) is 44.2 Å². The Labute approximate surface area is 125 Å². The largest absolute Gasteiger partial charge is 0.328 e. The Bertz CT molecular complexity index is 677. The van der Waals surface area contributed by atoms with Gasteiger partial charge in [0.2, 0.25) is 5.13 Å². The first kappa shape index (κ1) is 12.7. The minimum absolute atomic E-state index is 0.113. The average Bonchev–Trinajstić information content (AvgIpc) is 2.90. The van der Waals surface area contributed by atoms with Crippen LogP contribution in [-0.2, 0) is 0 Å². The molecule has 21 heavy (non-hydrogen) atoms. The summed E-state index contributed by atoms with van der Waals surface area (Å²) in [5, 5.41) is 10.4. The first-order valence-electron chi connectivity index (χ1n) is 7.01. The van der Waals surface area contributed by atoms with E-state index < -0.39 is 0 Å². The van der Waals surface area contributed by atoms with Crippen LogP contribution in [0.3, 0.4) is 0 Å². The Kier molecular flexibility index (Phi) is 2.88. The maximum absolute atomic E-state index is 12.1. The van der Waals surface area contributed by atoms with Gasteiger partial charge in [-0.3, -0.25) is 5.32 Å². The standard InChI is InChI=1S/C12H15N7OS/c1-6-4-8(10-13-5-14-19(6)10)15-11(20)17-12-16-9(18-21-12)7-2-3-7/h5-8H,2-4H2,1H3,(H2,15,16,17,18,20). The molecule has 2 amide bonds. The van der Waals surface area contributed by atoms with Crippen molar-refractivity contribution in [2.75, 3.05) is 5.32 Å². The first-order valence-corrected chi connectivity index (χ1v) is 7.78. The van der Waals surface area contributed by atoms with Crippen LogP contribution in [0.1, 0.15) is 55.8 Å². The van der Waals surface area contributed by atoms with E-state index in [0.717, 1.165) is 30.9 Å². The normalized spacial score (nSPS) is 23.9. The highest BCUT2D eigenvalue weighted by atomic mass is 32.1. The zero-order valence-corrected chi connectivity index (χ0v) is 12.3. The van der Waals surface area contributed by atoms with Crippen LogP contribution in [0.5, 0.6) is 0 Å². The third-order valence-corrected chi connectivity index (χ3v) is 4.46. The first-order chi connectivity index (χ1) is 10.2. The van der Waals surface area contributed by atoms with Crippen LogP contribution in [0.4, 0.5) is 9.93 Å². The molecular formula is C12H15N7OS. The van der Waals surface area contributed by atoms with E-state index in [4.69, 9.17) is 0 Å². The summed E-state index contributed by atoms with van der Waals surface area (Å²) in [5.41, 5.74) is 0. The summed E-state index contributed by atoms with van der Waals surface area (Å²) < 4.78 is 6.11. The summed E-state index contributed by atoms with van der Waals surface area (Å²) >= 11 is 1.23. The van der Waals surface area contributed by atoms with Gasteiger partial charge >= 0.3 is 6.03 Å². The summed E-state index contributed by atoms with van der Waals surface area (Å²) in [5.74, 6) is 2.15. The molecule has 0 bridgehead atoms. The lowest BCUT2D eigenvalue weighted by Gasteiger charge is -2.11. The Morgan fingerprint density at radius 3 is 3.14 bits per heavy atom. The molecule has 2 aromatic rings. The predicted molar refractivity (Wildman–Crippen MR) is 76.1 cm³/mol. The molecule has 2 unspecified atom stereocenters. The van der Waals surface area contributed by atoms with Crippen molar-refractivity contribution < 1.29 is 4.79 Å². The summed E-state index contributed by atoms with van der Waals surface area (Å²) in [6, 6.07) is -0.142. The molecule has 2 N–H and O–H groups in total. The maximum Gasteiger partial charge on any atom is 0.321 e. The minimum atomic E-state index is -0.276. The molecule has 1 aliphatic heterocycles. The number of nitrogens with one attached hydrogen (secondary N) is 2. The van der Waals surface area contributed by atoms with E-state index in [1.807, 2.05) is 4.68 Å². The van der Waals surface area contributed by atoms with Gasteiger partial charge in [0.1, 0.15) is 18.0 Å². The van der Waals surface area contributed by atoms with Gasteiger partial charge in [0.05, 0.1) is 12.1 Å². The summed E-state index contributed by atoms with van der Waals surface area (Å²) in [6.07, 6.45) is 4.62. The molecule has 3 heterocycles. The lowest BCUT2D eigenvalue weighted by Crippen LogP contribution is -2.31. The van der Waals surface area contributed by atoms with Gasteiger partial charge < -0.3 is 5.32 Å². The van der Waals surface area contributed by atoms with E-state index in [-0.39, 0.29) is 18.1 Å². The molecular weight excluding hydrogens is 290 g/mol. The highest BCUT2D eigenvalue weighted by molar-refractivity contribution is 7.09. The quantitative estimate of drug-likeness (QED) is 0.901. The van der Waals surface area contributed by atoms with Crippen molar-refractivity contribution in [3.63, 3.8) is 0 Å².